The predicted octanol–water partition coefficient (Wildman–Crippen LogP) is 3.81. The maximum Gasteiger partial charge on any atom is 0.293 e. The van der Waals surface area contributed by atoms with Crippen molar-refractivity contribution in [2.24, 2.45) is 0 Å². The first kappa shape index (κ1) is 15.2. The largest absolute Gasteiger partial charge is 0.333 e. The van der Waals surface area contributed by atoms with Gasteiger partial charge in [0, 0.05) is 23.5 Å². The lowest BCUT2D eigenvalue weighted by atomic mass is 10.3. The first-order valence-electron chi connectivity index (χ1n) is 7.46. The number of anilines is 2. The molecule has 4 rings (SSSR count). The van der Waals surface area contributed by atoms with Gasteiger partial charge in [-0.3, -0.25) is 4.79 Å². The summed E-state index contributed by atoms with van der Waals surface area (Å²) in [6.07, 6.45) is 8.78. The Balaban J connectivity index is 1.62. The van der Waals surface area contributed by atoms with Crippen LogP contribution in [-0.2, 0) is 0 Å². The molecule has 1 fully saturated rings. The number of hydrogen-bond acceptors (Lipinski definition) is 4. The summed E-state index contributed by atoms with van der Waals surface area (Å²) < 4.78 is 3.33. The minimum atomic E-state index is -0.128. The molecule has 0 atom stereocenters. The molecule has 6 nitrogen and oxygen atoms in total. The molecule has 3 aromatic rings. The molecule has 0 saturated heterocycles. The maximum absolute atomic E-state index is 12.4. The number of hydrogen-bond donors (Lipinski definition) is 1. The summed E-state index contributed by atoms with van der Waals surface area (Å²) in [7, 11) is 0. The lowest BCUT2D eigenvalue weighted by Crippen LogP contribution is -2.22. The Kier molecular flexibility index (Phi) is 3.78. The zero-order valence-electron chi connectivity index (χ0n) is 12.5. The summed E-state index contributed by atoms with van der Waals surface area (Å²) in [5.74, 6) is 0.283. The van der Waals surface area contributed by atoms with Crippen molar-refractivity contribution >= 4 is 34.7 Å². The number of nitrogens with one attached hydrogen (secondary N) is 1. The summed E-state index contributed by atoms with van der Waals surface area (Å²) in [6.45, 7) is 0. The standard InChI is InChI=1S/C16H13Cl2N5O/c17-10-1-4-14(13(18)7-10)23-9-11(8-20-23)21-15-16(24)22(6-5-19-15)12-2-3-12/h1,4-9,12H,2-3H2,(H,19,21). The Labute approximate surface area is 147 Å². The van der Waals surface area contributed by atoms with Gasteiger partial charge < -0.3 is 9.88 Å². The topological polar surface area (TPSA) is 64.7 Å². The van der Waals surface area contributed by atoms with Crippen LogP contribution in [0.5, 0.6) is 0 Å². The minimum Gasteiger partial charge on any atom is -0.333 e. The molecule has 0 unspecified atom stereocenters. The van der Waals surface area contributed by atoms with Crippen molar-refractivity contribution < 1.29 is 0 Å². The molecular weight excluding hydrogens is 349 g/mol. The van der Waals surface area contributed by atoms with Gasteiger partial charge in [-0.05, 0) is 31.0 Å². The molecule has 8 heteroatoms. The summed E-state index contributed by atoms with van der Waals surface area (Å²) in [4.78, 5) is 16.5. The van der Waals surface area contributed by atoms with Gasteiger partial charge in [-0.2, -0.15) is 5.10 Å². The fraction of sp³-hybridized carbons (Fsp3) is 0.188. The van der Waals surface area contributed by atoms with Gasteiger partial charge in [0.15, 0.2) is 5.82 Å². The molecule has 0 radical (unpaired) electrons. The van der Waals surface area contributed by atoms with Crippen LogP contribution in [0.4, 0.5) is 11.5 Å². The van der Waals surface area contributed by atoms with Crippen LogP contribution in [0, 0.1) is 0 Å². The van der Waals surface area contributed by atoms with E-state index in [9.17, 15) is 4.79 Å². The number of aromatic nitrogens is 4. The molecule has 0 amide bonds. The summed E-state index contributed by atoms with van der Waals surface area (Å²) >= 11 is 12.1. The van der Waals surface area contributed by atoms with Gasteiger partial charge >= 0.3 is 0 Å². The molecule has 2 heterocycles. The second-order valence-corrected chi connectivity index (χ2v) is 6.46. The molecule has 0 bridgehead atoms. The van der Waals surface area contributed by atoms with E-state index in [4.69, 9.17) is 23.2 Å². The average Bonchev–Trinajstić information content (AvgIpc) is 3.29. The second kappa shape index (κ2) is 5.96. The SMILES string of the molecule is O=c1c(Nc2cnn(-c3ccc(Cl)cc3Cl)c2)nccn1C1CC1. The van der Waals surface area contributed by atoms with Crippen LogP contribution < -0.4 is 10.9 Å². The van der Waals surface area contributed by atoms with Crippen LogP contribution in [0.25, 0.3) is 5.69 Å². The van der Waals surface area contributed by atoms with Crippen LogP contribution in [-0.4, -0.2) is 19.3 Å². The van der Waals surface area contributed by atoms with E-state index in [1.165, 1.54) is 0 Å². The Morgan fingerprint density at radius 2 is 2.08 bits per heavy atom. The van der Waals surface area contributed by atoms with E-state index in [0.717, 1.165) is 12.8 Å². The van der Waals surface area contributed by atoms with Crippen LogP contribution in [0.2, 0.25) is 10.0 Å². The Hall–Kier alpha value is -2.31. The van der Waals surface area contributed by atoms with E-state index in [-0.39, 0.29) is 11.4 Å². The quantitative estimate of drug-likeness (QED) is 0.767. The van der Waals surface area contributed by atoms with Gasteiger partial charge in [0.25, 0.3) is 5.56 Å². The molecular formula is C16H13Cl2N5O. The molecule has 0 aliphatic heterocycles. The van der Waals surface area contributed by atoms with Crippen molar-refractivity contribution in [1.82, 2.24) is 19.3 Å². The number of benzene rings is 1. The zero-order valence-corrected chi connectivity index (χ0v) is 14.0. The molecule has 1 aromatic carbocycles. The molecule has 1 saturated carbocycles. The smallest absolute Gasteiger partial charge is 0.293 e. The highest BCUT2D eigenvalue weighted by atomic mass is 35.5. The van der Waals surface area contributed by atoms with Gasteiger partial charge in [-0.1, -0.05) is 23.2 Å². The third-order valence-corrected chi connectivity index (χ3v) is 4.35. The van der Waals surface area contributed by atoms with Gasteiger partial charge in [0.05, 0.1) is 28.8 Å². The molecule has 2 aromatic heterocycles. The molecule has 1 aliphatic carbocycles. The normalized spacial score (nSPS) is 13.9. The van der Waals surface area contributed by atoms with Crippen molar-refractivity contribution in [2.75, 3.05) is 5.32 Å². The molecule has 1 N–H and O–H groups in total. The molecule has 0 spiro atoms. The van der Waals surface area contributed by atoms with Gasteiger partial charge in [0.2, 0.25) is 0 Å². The highest BCUT2D eigenvalue weighted by Crippen LogP contribution is 2.33. The third-order valence-electron chi connectivity index (χ3n) is 3.81. The minimum absolute atomic E-state index is 0.128. The lowest BCUT2D eigenvalue weighted by molar-refractivity contribution is 0.701. The van der Waals surface area contributed by atoms with Gasteiger partial charge in [-0.15, -0.1) is 0 Å². The van der Waals surface area contributed by atoms with Crippen LogP contribution in [0.15, 0.2) is 47.8 Å². The number of rotatable bonds is 4. The fourth-order valence-corrected chi connectivity index (χ4v) is 2.97. The van der Waals surface area contributed by atoms with Crippen molar-refractivity contribution in [3.05, 3.63) is 63.4 Å². The third kappa shape index (κ3) is 2.90. The highest BCUT2D eigenvalue weighted by molar-refractivity contribution is 6.35. The van der Waals surface area contributed by atoms with E-state index >= 15 is 0 Å². The first-order valence-corrected chi connectivity index (χ1v) is 8.22. The summed E-state index contributed by atoms with van der Waals surface area (Å²) in [5.41, 5.74) is 1.22. The monoisotopic (exact) mass is 361 g/mol. The van der Waals surface area contributed by atoms with Crippen molar-refractivity contribution in [3.63, 3.8) is 0 Å². The lowest BCUT2D eigenvalue weighted by Gasteiger charge is -2.06. The molecule has 24 heavy (non-hydrogen) atoms. The average molecular weight is 362 g/mol. The van der Waals surface area contributed by atoms with Crippen molar-refractivity contribution in [2.45, 2.75) is 18.9 Å². The first-order chi connectivity index (χ1) is 11.6. The Bertz CT molecular complexity index is 961. The number of halogens is 2. The molecule has 122 valence electrons. The maximum atomic E-state index is 12.4. The summed E-state index contributed by atoms with van der Waals surface area (Å²) in [5, 5.41) is 8.33. The number of nitrogens with zero attached hydrogens (tertiary/aromatic N) is 4. The Morgan fingerprint density at radius 1 is 1.25 bits per heavy atom. The molecule has 1 aliphatic rings. The van der Waals surface area contributed by atoms with E-state index in [2.05, 4.69) is 15.4 Å². The van der Waals surface area contributed by atoms with Gasteiger partial charge in [0.1, 0.15) is 0 Å². The Morgan fingerprint density at radius 3 is 2.83 bits per heavy atom. The van der Waals surface area contributed by atoms with E-state index in [1.807, 2.05) is 0 Å². The van der Waals surface area contributed by atoms with E-state index < -0.39 is 0 Å². The van der Waals surface area contributed by atoms with E-state index in [1.54, 1.807) is 52.2 Å². The van der Waals surface area contributed by atoms with Crippen LogP contribution in [0.1, 0.15) is 18.9 Å². The van der Waals surface area contributed by atoms with Crippen LogP contribution >= 0.6 is 23.2 Å². The zero-order chi connectivity index (χ0) is 16.7. The van der Waals surface area contributed by atoms with Gasteiger partial charge in [-0.25, -0.2) is 9.67 Å². The second-order valence-electron chi connectivity index (χ2n) is 5.61. The fourth-order valence-electron chi connectivity index (χ4n) is 2.47. The van der Waals surface area contributed by atoms with Crippen molar-refractivity contribution in [1.29, 1.82) is 0 Å². The van der Waals surface area contributed by atoms with Crippen LogP contribution in [0.3, 0.4) is 0 Å². The highest BCUT2D eigenvalue weighted by Gasteiger charge is 2.25. The predicted molar refractivity (Wildman–Crippen MR) is 93.6 cm³/mol. The van der Waals surface area contributed by atoms with Crippen molar-refractivity contribution in [3.8, 4) is 5.69 Å². The van der Waals surface area contributed by atoms with E-state index in [0.29, 0.717) is 27.5 Å². The summed E-state index contributed by atoms with van der Waals surface area (Å²) in [6, 6.07) is 5.48.